The Morgan fingerprint density at radius 3 is 2.70 bits per heavy atom. The van der Waals surface area contributed by atoms with Gasteiger partial charge in [-0.25, -0.2) is 4.39 Å². The molecule has 0 unspecified atom stereocenters. The number of carboxylic acid groups (broad SMARTS) is 1. The van der Waals surface area contributed by atoms with Gasteiger partial charge in [-0.2, -0.15) is 0 Å². The fourth-order valence-electron chi connectivity index (χ4n) is 2.64. The molecule has 0 heterocycles. The van der Waals surface area contributed by atoms with Crippen LogP contribution in [0.4, 0.5) is 10.1 Å². The number of aliphatic carboxylic acids is 1. The number of hydrogen-bond acceptors (Lipinski definition) is 4. The molecule has 126 valence electrons. The number of anilines is 1. The molecule has 2 N–H and O–H groups in total. The molecule has 0 saturated heterocycles. The second kappa shape index (κ2) is 7.92. The van der Waals surface area contributed by atoms with Gasteiger partial charge in [-0.1, -0.05) is 0 Å². The zero-order chi connectivity index (χ0) is 16.8. The Morgan fingerprint density at radius 2 is 2.04 bits per heavy atom. The molecule has 0 radical (unpaired) electrons. The number of benzene rings is 1. The van der Waals surface area contributed by atoms with Crippen molar-refractivity contribution in [2.45, 2.75) is 19.3 Å². The largest absolute Gasteiger partial charge is 0.489 e. The summed E-state index contributed by atoms with van der Waals surface area (Å²) in [6, 6.07) is 3.87. The van der Waals surface area contributed by atoms with E-state index in [0.717, 1.165) is 0 Å². The lowest BCUT2D eigenvalue weighted by atomic mass is 10.0. The Kier molecular flexibility index (Phi) is 5.92. The van der Waals surface area contributed by atoms with Gasteiger partial charge in [0, 0.05) is 19.1 Å². The molecule has 6 nitrogen and oxygen atoms in total. The molecule has 1 amide bonds. The maximum absolute atomic E-state index is 13.4. The van der Waals surface area contributed by atoms with Crippen LogP contribution in [0.1, 0.15) is 19.3 Å². The smallest absolute Gasteiger partial charge is 0.306 e. The normalized spacial score (nSPS) is 20.3. The fraction of sp³-hybridized carbons (Fsp3) is 0.500. The van der Waals surface area contributed by atoms with Crippen LogP contribution in [0.3, 0.4) is 0 Å². The number of halogens is 1. The van der Waals surface area contributed by atoms with Crippen LogP contribution >= 0.6 is 0 Å². The van der Waals surface area contributed by atoms with Crippen LogP contribution in [0.5, 0.6) is 5.75 Å². The highest BCUT2D eigenvalue weighted by Crippen LogP contribution is 2.33. The maximum Gasteiger partial charge on any atom is 0.306 e. The van der Waals surface area contributed by atoms with Gasteiger partial charge in [0.2, 0.25) is 5.91 Å². The number of nitrogens with one attached hydrogen (secondary N) is 1. The Morgan fingerprint density at radius 1 is 1.30 bits per heavy atom. The predicted molar refractivity (Wildman–Crippen MR) is 80.9 cm³/mol. The van der Waals surface area contributed by atoms with Crippen molar-refractivity contribution in [1.82, 2.24) is 0 Å². The van der Waals surface area contributed by atoms with Crippen molar-refractivity contribution in [3.05, 3.63) is 24.0 Å². The molecule has 1 saturated carbocycles. The van der Waals surface area contributed by atoms with Gasteiger partial charge in [0.25, 0.3) is 0 Å². The van der Waals surface area contributed by atoms with Gasteiger partial charge in [-0.15, -0.1) is 0 Å². The summed E-state index contributed by atoms with van der Waals surface area (Å²) in [5, 5.41) is 11.6. The van der Waals surface area contributed by atoms with Crippen LogP contribution in [-0.4, -0.2) is 37.3 Å². The topological polar surface area (TPSA) is 84.9 Å². The summed E-state index contributed by atoms with van der Waals surface area (Å²) in [6.45, 7) is 0.642. The number of amides is 1. The molecule has 0 spiro atoms. The molecule has 2 rings (SSSR count). The second-order valence-electron chi connectivity index (χ2n) is 5.52. The minimum absolute atomic E-state index is 0.241. The zero-order valence-electron chi connectivity index (χ0n) is 12.9. The molecular weight excluding hydrogens is 305 g/mol. The SMILES string of the molecule is COCCOc1ccc(F)cc1NC(=O)[C@@H]1CC[C@H](C(=O)O)C1. The number of carbonyl (C=O) groups excluding carboxylic acids is 1. The highest BCUT2D eigenvalue weighted by molar-refractivity contribution is 5.94. The Hall–Kier alpha value is -2.15. The van der Waals surface area contributed by atoms with E-state index >= 15 is 0 Å². The summed E-state index contributed by atoms with van der Waals surface area (Å²) in [7, 11) is 1.54. The minimum Gasteiger partial charge on any atom is -0.489 e. The summed E-state index contributed by atoms with van der Waals surface area (Å²) in [5.74, 6) is -2.20. The van der Waals surface area contributed by atoms with Crippen LogP contribution in [0.25, 0.3) is 0 Å². The van der Waals surface area contributed by atoms with Crippen molar-refractivity contribution >= 4 is 17.6 Å². The number of carboxylic acids is 1. The van der Waals surface area contributed by atoms with E-state index in [0.29, 0.717) is 31.6 Å². The number of methoxy groups -OCH3 is 1. The Labute approximate surface area is 133 Å². The fourth-order valence-corrected chi connectivity index (χ4v) is 2.64. The van der Waals surface area contributed by atoms with Crippen LogP contribution in [-0.2, 0) is 14.3 Å². The van der Waals surface area contributed by atoms with E-state index in [1.165, 1.54) is 25.3 Å². The molecule has 2 atom stereocenters. The van der Waals surface area contributed by atoms with Crippen molar-refractivity contribution in [2.24, 2.45) is 11.8 Å². The number of rotatable bonds is 7. The van der Waals surface area contributed by atoms with Gasteiger partial charge < -0.3 is 19.9 Å². The van der Waals surface area contributed by atoms with E-state index in [2.05, 4.69) is 5.32 Å². The van der Waals surface area contributed by atoms with Gasteiger partial charge in [0.1, 0.15) is 18.2 Å². The third kappa shape index (κ3) is 4.66. The van der Waals surface area contributed by atoms with Gasteiger partial charge in [0.05, 0.1) is 18.2 Å². The number of carbonyl (C=O) groups is 2. The lowest BCUT2D eigenvalue weighted by Gasteiger charge is -2.15. The first-order valence-electron chi connectivity index (χ1n) is 7.46. The zero-order valence-corrected chi connectivity index (χ0v) is 12.9. The molecule has 1 aliphatic carbocycles. The van der Waals surface area contributed by atoms with Crippen LogP contribution in [0.2, 0.25) is 0 Å². The summed E-state index contributed by atoms with van der Waals surface area (Å²) in [5.41, 5.74) is 0.241. The van der Waals surface area contributed by atoms with Crippen molar-refractivity contribution < 1.29 is 28.6 Å². The highest BCUT2D eigenvalue weighted by Gasteiger charge is 2.34. The van der Waals surface area contributed by atoms with Crippen LogP contribution in [0, 0.1) is 17.7 Å². The second-order valence-corrected chi connectivity index (χ2v) is 5.52. The third-order valence-corrected chi connectivity index (χ3v) is 3.90. The number of ether oxygens (including phenoxy) is 2. The summed E-state index contributed by atoms with van der Waals surface area (Å²) >= 11 is 0. The van der Waals surface area contributed by atoms with Gasteiger partial charge in [0.15, 0.2) is 0 Å². The van der Waals surface area contributed by atoms with Crippen molar-refractivity contribution in [3.8, 4) is 5.75 Å². The van der Waals surface area contributed by atoms with Crippen molar-refractivity contribution in [3.63, 3.8) is 0 Å². The molecule has 0 aliphatic heterocycles. The molecule has 0 aromatic heterocycles. The Balaban J connectivity index is 2.02. The van der Waals surface area contributed by atoms with E-state index in [4.69, 9.17) is 14.6 Å². The molecule has 1 aliphatic rings. The first kappa shape index (κ1) is 17.2. The Bertz CT molecular complexity index is 578. The average molecular weight is 325 g/mol. The molecule has 1 aromatic carbocycles. The molecular formula is C16H20FNO5. The van der Waals surface area contributed by atoms with Gasteiger partial charge in [-0.3, -0.25) is 9.59 Å². The molecule has 7 heteroatoms. The molecule has 1 fully saturated rings. The van der Waals surface area contributed by atoms with Crippen molar-refractivity contribution in [1.29, 1.82) is 0 Å². The number of hydrogen-bond donors (Lipinski definition) is 2. The molecule has 1 aromatic rings. The van der Waals surface area contributed by atoms with Gasteiger partial charge >= 0.3 is 5.97 Å². The van der Waals surface area contributed by atoms with E-state index in [1.807, 2.05) is 0 Å². The first-order chi connectivity index (χ1) is 11.0. The first-order valence-corrected chi connectivity index (χ1v) is 7.46. The van der Waals surface area contributed by atoms with E-state index < -0.39 is 17.7 Å². The van der Waals surface area contributed by atoms with E-state index in [1.54, 1.807) is 0 Å². The van der Waals surface area contributed by atoms with Crippen molar-refractivity contribution in [2.75, 3.05) is 25.6 Å². The predicted octanol–water partition coefficient (Wildman–Crippen LogP) is 2.29. The van der Waals surface area contributed by atoms with Crippen LogP contribution in [0.15, 0.2) is 18.2 Å². The summed E-state index contributed by atoms with van der Waals surface area (Å²) in [4.78, 5) is 23.2. The average Bonchev–Trinajstić information content (AvgIpc) is 3.00. The highest BCUT2D eigenvalue weighted by atomic mass is 19.1. The van der Waals surface area contributed by atoms with Crippen LogP contribution < -0.4 is 10.1 Å². The third-order valence-electron chi connectivity index (χ3n) is 3.90. The minimum atomic E-state index is -0.880. The van der Waals surface area contributed by atoms with E-state index in [-0.39, 0.29) is 24.1 Å². The van der Waals surface area contributed by atoms with E-state index in [9.17, 15) is 14.0 Å². The quantitative estimate of drug-likeness (QED) is 0.751. The lowest BCUT2D eigenvalue weighted by molar-refractivity contribution is -0.141. The maximum atomic E-state index is 13.4. The summed E-state index contributed by atoms with van der Waals surface area (Å²) < 4.78 is 23.8. The lowest BCUT2D eigenvalue weighted by Crippen LogP contribution is -2.22. The van der Waals surface area contributed by atoms with Gasteiger partial charge in [-0.05, 0) is 31.4 Å². The molecule has 23 heavy (non-hydrogen) atoms. The molecule has 0 bridgehead atoms. The standard InChI is InChI=1S/C16H20FNO5/c1-22-6-7-23-14-5-4-12(17)9-13(14)18-15(19)10-2-3-11(8-10)16(20)21/h4-5,9-11H,2-3,6-8H2,1H3,(H,18,19)(H,20,21)/t10-,11+/m1/s1. The monoisotopic (exact) mass is 325 g/mol. The summed E-state index contributed by atoms with van der Waals surface area (Å²) in [6.07, 6.45) is 1.29.